The molecule has 1 atom stereocenters. The summed E-state index contributed by atoms with van der Waals surface area (Å²) in [4.78, 5) is 9.36. The molecule has 1 aromatic heterocycles. The van der Waals surface area contributed by atoms with Crippen LogP contribution in [0.15, 0.2) is 6.07 Å². The van der Waals surface area contributed by atoms with Gasteiger partial charge in [-0.3, -0.25) is 0 Å². The van der Waals surface area contributed by atoms with Crippen molar-refractivity contribution in [2.24, 2.45) is 0 Å². The zero-order valence-electron chi connectivity index (χ0n) is 10.7. The molecule has 17 heavy (non-hydrogen) atoms. The van der Waals surface area contributed by atoms with Crippen LogP contribution in [0.3, 0.4) is 0 Å². The Kier molecular flexibility index (Phi) is 4.66. The average molecular weight is 251 g/mol. The SMILES string of the molecule is CCCc1cc(NCC)nc(C2CCCS2)n1. The molecule has 2 heterocycles. The van der Waals surface area contributed by atoms with Crippen molar-refractivity contribution in [1.82, 2.24) is 9.97 Å². The highest BCUT2D eigenvalue weighted by Gasteiger charge is 2.21. The predicted molar refractivity (Wildman–Crippen MR) is 74.6 cm³/mol. The van der Waals surface area contributed by atoms with Gasteiger partial charge in [-0.15, -0.1) is 0 Å². The molecule has 0 saturated carbocycles. The number of aryl methyl sites for hydroxylation is 1. The lowest BCUT2D eigenvalue weighted by Crippen LogP contribution is -2.07. The topological polar surface area (TPSA) is 37.8 Å². The monoisotopic (exact) mass is 251 g/mol. The summed E-state index contributed by atoms with van der Waals surface area (Å²) in [6.07, 6.45) is 4.71. The van der Waals surface area contributed by atoms with Gasteiger partial charge in [-0.25, -0.2) is 9.97 Å². The van der Waals surface area contributed by atoms with Crippen LogP contribution in [0.4, 0.5) is 5.82 Å². The highest BCUT2D eigenvalue weighted by molar-refractivity contribution is 7.99. The van der Waals surface area contributed by atoms with E-state index in [4.69, 9.17) is 4.98 Å². The summed E-state index contributed by atoms with van der Waals surface area (Å²) < 4.78 is 0. The van der Waals surface area contributed by atoms with Crippen LogP contribution in [-0.2, 0) is 6.42 Å². The molecule has 1 aliphatic rings. The maximum Gasteiger partial charge on any atom is 0.143 e. The fourth-order valence-electron chi connectivity index (χ4n) is 2.10. The summed E-state index contributed by atoms with van der Waals surface area (Å²) in [5.41, 5.74) is 1.18. The van der Waals surface area contributed by atoms with E-state index in [0.717, 1.165) is 31.0 Å². The second-order valence-electron chi connectivity index (χ2n) is 4.38. The lowest BCUT2D eigenvalue weighted by atomic mass is 10.2. The molecular formula is C13H21N3S. The summed E-state index contributed by atoms with van der Waals surface area (Å²) in [5, 5.41) is 3.83. The number of rotatable bonds is 5. The number of aromatic nitrogens is 2. The van der Waals surface area contributed by atoms with Crippen molar-refractivity contribution < 1.29 is 0 Å². The minimum Gasteiger partial charge on any atom is -0.370 e. The molecule has 1 saturated heterocycles. The van der Waals surface area contributed by atoms with E-state index < -0.39 is 0 Å². The average Bonchev–Trinajstić information content (AvgIpc) is 2.83. The Balaban J connectivity index is 2.22. The van der Waals surface area contributed by atoms with Crippen molar-refractivity contribution in [2.75, 3.05) is 17.6 Å². The molecule has 1 unspecified atom stereocenters. The highest BCUT2D eigenvalue weighted by atomic mass is 32.2. The standard InChI is InChI=1S/C13H21N3S/c1-3-6-10-9-12(14-4-2)16-13(15-10)11-7-5-8-17-11/h9,11H,3-8H2,1-2H3,(H,14,15,16). The molecule has 0 spiro atoms. The van der Waals surface area contributed by atoms with Crippen LogP contribution < -0.4 is 5.32 Å². The maximum atomic E-state index is 4.72. The Morgan fingerprint density at radius 3 is 2.94 bits per heavy atom. The van der Waals surface area contributed by atoms with Crippen molar-refractivity contribution in [3.8, 4) is 0 Å². The van der Waals surface area contributed by atoms with Crippen LogP contribution in [0.1, 0.15) is 49.9 Å². The van der Waals surface area contributed by atoms with E-state index in [9.17, 15) is 0 Å². The summed E-state index contributed by atoms with van der Waals surface area (Å²) >= 11 is 2.00. The number of nitrogens with one attached hydrogen (secondary N) is 1. The Bertz CT molecular complexity index is 337. The van der Waals surface area contributed by atoms with Crippen LogP contribution in [0.2, 0.25) is 0 Å². The van der Waals surface area contributed by atoms with Gasteiger partial charge in [-0.05, 0) is 31.9 Å². The minimum absolute atomic E-state index is 0.518. The van der Waals surface area contributed by atoms with Gasteiger partial charge in [0.15, 0.2) is 0 Å². The van der Waals surface area contributed by atoms with Gasteiger partial charge < -0.3 is 5.32 Å². The fraction of sp³-hybridized carbons (Fsp3) is 0.692. The maximum absolute atomic E-state index is 4.72. The molecule has 1 aromatic rings. The molecule has 4 heteroatoms. The van der Waals surface area contributed by atoms with E-state index in [2.05, 4.69) is 30.2 Å². The zero-order chi connectivity index (χ0) is 12.1. The third kappa shape index (κ3) is 3.35. The summed E-state index contributed by atoms with van der Waals surface area (Å²) in [7, 11) is 0. The lowest BCUT2D eigenvalue weighted by molar-refractivity contribution is 0.757. The van der Waals surface area contributed by atoms with Gasteiger partial charge in [0, 0.05) is 18.3 Å². The van der Waals surface area contributed by atoms with Crippen molar-refractivity contribution in [1.29, 1.82) is 0 Å². The van der Waals surface area contributed by atoms with Crippen LogP contribution >= 0.6 is 11.8 Å². The molecule has 1 aliphatic heterocycles. The fourth-order valence-corrected chi connectivity index (χ4v) is 3.30. The normalized spacial score (nSPS) is 19.5. The second-order valence-corrected chi connectivity index (χ2v) is 5.70. The summed E-state index contributed by atoms with van der Waals surface area (Å²) in [6.45, 7) is 5.21. The van der Waals surface area contributed by atoms with E-state index in [1.165, 1.54) is 24.3 Å². The first-order valence-electron chi connectivity index (χ1n) is 6.56. The van der Waals surface area contributed by atoms with Crippen LogP contribution in [-0.4, -0.2) is 22.3 Å². The minimum atomic E-state index is 0.518. The summed E-state index contributed by atoms with van der Waals surface area (Å²) in [6, 6.07) is 2.09. The van der Waals surface area contributed by atoms with E-state index in [1.54, 1.807) is 0 Å². The van der Waals surface area contributed by atoms with Gasteiger partial charge in [0.2, 0.25) is 0 Å². The Morgan fingerprint density at radius 2 is 2.29 bits per heavy atom. The number of hydrogen-bond donors (Lipinski definition) is 1. The van der Waals surface area contributed by atoms with E-state index in [-0.39, 0.29) is 0 Å². The predicted octanol–water partition coefficient (Wildman–Crippen LogP) is 3.43. The van der Waals surface area contributed by atoms with Gasteiger partial charge in [0.05, 0.1) is 5.25 Å². The van der Waals surface area contributed by atoms with Crippen LogP contribution in [0.5, 0.6) is 0 Å². The van der Waals surface area contributed by atoms with Gasteiger partial charge in [0.1, 0.15) is 11.6 Å². The molecule has 1 fully saturated rings. The highest BCUT2D eigenvalue weighted by Crippen LogP contribution is 2.38. The Labute approximate surface area is 108 Å². The van der Waals surface area contributed by atoms with Gasteiger partial charge in [-0.1, -0.05) is 13.3 Å². The Morgan fingerprint density at radius 1 is 1.41 bits per heavy atom. The lowest BCUT2D eigenvalue weighted by Gasteiger charge is -2.12. The molecular weight excluding hydrogens is 230 g/mol. The molecule has 3 nitrogen and oxygen atoms in total. The van der Waals surface area contributed by atoms with Crippen molar-refractivity contribution in [3.05, 3.63) is 17.6 Å². The van der Waals surface area contributed by atoms with Crippen molar-refractivity contribution in [3.63, 3.8) is 0 Å². The summed E-state index contributed by atoms with van der Waals surface area (Å²) in [5.74, 6) is 3.28. The number of hydrogen-bond acceptors (Lipinski definition) is 4. The second kappa shape index (κ2) is 6.24. The zero-order valence-corrected chi connectivity index (χ0v) is 11.5. The van der Waals surface area contributed by atoms with E-state index in [0.29, 0.717) is 5.25 Å². The quantitative estimate of drug-likeness (QED) is 0.870. The molecule has 0 radical (unpaired) electrons. The van der Waals surface area contributed by atoms with Crippen molar-refractivity contribution >= 4 is 17.6 Å². The number of nitrogens with zero attached hydrogens (tertiary/aromatic N) is 2. The Hall–Kier alpha value is -0.770. The number of thioether (sulfide) groups is 1. The first kappa shape index (κ1) is 12.7. The third-order valence-corrected chi connectivity index (χ3v) is 4.25. The van der Waals surface area contributed by atoms with E-state index in [1.807, 2.05) is 11.8 Å². The van der Waals surface area contributed by atoms with E-state index >= 15 is 0 Å². The van der Waals surface area contributed by atoms with Crippen molar-refractivity contribution in [2.45, 2.75) is 44.8 Å². The molecule has 2 rings (SSSR count). The molecule has 94 valence electrons. The van der Waals surface area contributed by atoms with Gasteiger partial charge >= 0.3 is 0 Å². The van der Waals surface area contributed by atoms with Crippen LogP contribution in [0.25, 0.3) is 0 Å². The number of anilines is 1. The largest absolute Gasteiger partial charge is 0.370 e. The third-order valence-electron chi connectivity index (χ3n) is 2.88. The molecule has 0 bridgehead atoms. The molecule has 1 N–H and O–H groups in total. The smallest absolute Gasteiger partial charge is 0.143 e. The van der Waals surface area contributed by atoms with Gasteiger partial charge in [-0.2, -0.15) is 11.8 Å². The molecule has 0 aromatic carbocycles. The first-order valence-corrected chi connectivity index (χ1v) is 7.61. The first-order chi connectivity index (χ1) is 8.33. The molecule has 0 aliphatic carbocycles. The van der Waals surface area contributed by atoms with Gasteiger partial charge in [0.25, 0.3) is 0 Å². The molecule has 0 amide bonds. The van der Waals surface area contributed by atoms with Crippen LogP contribution in [0, 0.1) is 0 Å².